The average Bonchev–Trinajstić information content (AvgIpc) is 2.30. The molecule has 0 aliphatic carbocycles. The number of hydrogen-bond donors (Lipinski definition) is 1. The Hall–Kier alpha value is -0.780. The Labute approximate surface area is 114 Å². The predicted octanol–water partition coefficient (Wildman–Crippen LogP) is 1.64. The summed E-state index contributed by atoms with van der Waals surface area (Å²) in [5.74, 6) is 0.728. The Kier molecular flexibility index (Phi) is 5.44. The zero-order chi connectivity index (χ0) is 12.3. The van der Waals surface area contributed by atoms with Crippen molar-refractivity contribution in [2.75, 3.05) is 19.3 Å². The van der Waals surface area contributed by atoms with Gasteiger partial charge in [0.1, 0.15) is 11.9 Å². The molecule has 1 atom stereocenters. The zero-order valence-corrected chi connectivity index (χ0v) is 11.9. The second kappa shape index (κ2) is 6.41. The zero-order valence-electron chi connectivity index (χ0n) is 10.3. The van der Waals surface area contributed by atoms with Crippen molar-refractivity contribution in [3.63, 3.8) is 0 Å². The standard InChI is InChI=1S/C12H17NO3S.ClH/c1-17(14,15)12-6-4-10(5-7-12)16-11-3-2-8-13-9-11;/h4-7,11,13H,2-3,8-9H2,1H3;1H. The highest BCUT2D eigenvalue weighted by Gasteiger charge is 2.14. The van der Waals surface area contributed by atoms with E-state index in [0.717, 1.165) is 31.7 Å². The van der Waals surface area contributed by atoms with Crippen LogP contribution in [0.2, 0.25) is 0 Å². The molecule has 1 saturated heterocycles. The fraction of sp³-hybridized carbons (Fsp3) is 0.500. The summed E-state index contributed by atoms with van der Waals surface area (Å²) in [5.41, 5.74) is 0. The molecule has 0 bridgehead atoms. The largest absolute Gasteiger partial charge is 0.489 e. The second-order valence-corrected chi connectivity index (χ2v) is 6.35. The molecule has 1 aromatic carbocycles. The number of sulfone groups is 1. The van der Waals surface area contributed by atoms with Crippen LogP contribution in [0.4, 0.5) is 0 Å². The van der Waals surface area contributed by atoms with Gasteiger partial charge in [-0.1, -0.05) is 0 Å². The predicted molar refractivity (Wildman–Crippen MR) is 73.3 cm³/mol. The van der Waals surface area contributed by atoms with Crippen LogP contribution < -0.4 is 10.1 Å². The average molecular weight is 292 g/mol. The van der Waals surface area contributed by atoms with Crippen LogP contribution in [-0.4, -0.2) is 33.9 Å². The first-order valence-electron chi connectivity index (χ1n) is 5.73. The highest BCUT2D eigenvalue weighted by molar-refractivity contribution is 7.90. The molecule has 0 amide bonds. The van der Waals surface area contributed by atoms with Gasteiger partial charge in [-0.05, 0) is 43.7 Å². The van der Waals surface area contributed by atoms with E-state index in [2.05, 4.69) is 5.32 Å². The molecule has 1 unspecified atom stereocenters. The molecule has 0 aromatic heterocycles. The first-order valence-corrected chi connectivity index (χ1v) is 7.62. The summed E-state index contributed by atoms with van der Waals surface area (Å²) in [6, 6.07) is 6.60. The van der Waals surface area contributed by atoms with Crippen LogP contribution in [0.3, 0.4) is 0 Å². The topological polar surface area (TPSA) is 55.4 Å². The summed E-state index contributed by atoms with van der Waals surface area (Å²) in [7, 11) is -3.12. The van der Waals surface area contributed by atoms with E-state index in [9.17, 15) is 8.42 Å². The molecule has 1 aliphatic heterocycles. The quantitative estimate of drug-likeness (QED) is 0.920. The monoisotopic (exact) mass is 291 g/mol. The van der Waals surface area contributed by atoms with E-state index in [4.69, 9.17) is 4.74 Å². The van der Waals surface area contributed by atoms with Gasteiger partial charge < -0.3 is 10.1 Å². The fourth-order valence-corrected chi connectivity index (χ4v) is 2.51. The molecule has 0 spiro atoms. The lowest BCUT2D eigenvalue weighted by molar-refractivity contribution is 0.167. The number of rotatable bonds is 3. The van der Waals surface area contributed by atoms with Gasteiger partial charge in [-0.2, -0.15) is 0 Å². The van der Waals surface area contributed by atoms with Gasteiger partial charge >= 0.3 is 0 Å². The maximum absolute atomic E-state index is 11.3. The molecular weight excluding hydrogens is 274 g/mol. The normalized spacial score (nSPS) is 19.9. The van der Waals surface area contributed by atoms with Crippen LogP contribution in [0.5, 0.6) is 5.75 Å². The van der Waals surface area contributed by atoms with E-state index >= 15 is 0 Å². The van der Waals surface area contributed by atoms with E-state index in [0.29, 0.717) is 4.90 Å². The van der Waals surface area contributed by atoms with Gasteiger partial charge in [0.05, 0.1) is 4.90 Å². The molecule has 6 heteroatoms. The Morgan fingerprint density at radius 2 is 1.94 bits per heavy atom. The van der Waals surface area contributed by atoms with Crippen molar-refractivity contribution >= 4 is 22.2 Å². The summed E-state index contributed by atoms with van der Waals surface area (Å²) in [4.78, 5) is 0.326. The van der Waals surface area contributed by atoms with Crippen LogP contribution in [0, 0.1) is 0 Å². The van der Waals surface area contributed by atoms with Gasteiger partial charge in [0, 0.05) is 12.8 Å². The van der Waals surface area contributed by atoms with Crippen molar-refractivity contribution in [2.24, 2.45) is 0 Å². The van der Waals surface area contributed by atoms with Gasteiger partial charge in [0.2, 0.25) is 0 Å². The second-order valence-electron chi connectivity index (χ2n) is 4.33. The maximum Gasteiger partial charge on any atom is 0.175 e. The van der Waals surface area contributed by atoms with E-state index in [1.165, 1.54) is 6.26 Å². The lowest BCUT2D eigenvalue weighted by Crippen LogP contribution is -2.37. The third-order valence-corrected chi connectivity index (χ3v) is 3.93. The van der Waals surface area contributed by atoms with Crippen LogP contribution in [0.15, 0.2) is 29.2 Å². The lowest BCUT2D eigenvalue weighted by atomic mass is 10.1. The van der Waals surface area contributed by atoms with Gasteiger partial charge in [0.15, 0.2) is 9.84 Å². The molecule has 1 N–H and O–H groups in total. The third-order valence-electron chi connectivity index (χ3n) is 2.81. The van der Waals surface area contributed by atoms with Crippen molar-refractivity contribution in [3.05, 3.63) is 24.3 Å². The number of ether oxygens (including phenoxy) is 1. The first kappa shape index (κ1) is 15.3. The summed E-state index contributed by atoms with van der Waals surface area (Å²) in [5, 5.41) is 3.27. The molecule has 102 valence electrons. The Morgan fingerprint density at radius 1 is 1.28 bits per heavy atom. The van der Waals surface area contributed by atoms with Crippen LogP contribution in [0.1, 0.15) is 12.8 Å². The van der Waals surface area contributed by atoms with Gasteiger partial charge in [-0.15, -0.1) is 12.4 Å². The Bertz CT molecular complexity index is 467. The number of benzene rings is 1. The SMILES string of the molecule is CS(=O)(=O)c1ccc(OC2CCCNC2)cc1.Cl. The molecule has 1 aromatic rings. The summed E-state index contributed by atoms with van der Waals surface area (Å²) < 4.78 is 28.3. The van der Waals surface area contributed by atoms with E-state index in [-0.39, 0.29) is 18.5 Å². The van der Waals surface area contributed by atoms with E-state index < -0.39 is 9.84 Å². The third kappa shape index (κ3) is 4.15. The van der Waals surface area contributed by atoms with E-state index in [1.54, 1.807) is 24.3 Å². The molecule has 1 fully saturated rings. The molecule has 0 saturated carbocycles. The molecule has 2 rings (SSSR count). The highest BCUT2D eigenvalue weighted by Crippen LogP contribution is 2.18. The molecular formula is C12H18ClNO3S. The van der Waals surface area contributed by atoms with Crippen LogP contribution >= 0.6 is 12.4 Å². The summed E-state index contributed by atoms with van der Waals surface area (Å²) in [6.07, 6.45) is 3.55. The number of hydrogen-bond acceptors (Lipinski definition) is 4. The van der Waals surface area contributed by atoms with E-state index in [1.807, 2.05) is 0 Å². The van der Waals surface area contributed by atoms with Gasteiger partial charge in [0.25, 0.3) is 0 Å². The molecule has 1 aliphatic rings. The summed E-state index contributed by atoms with van der Waals surface area (Å²) >= 11 is 0. The fourth-order valence-electron chi connectivity index (χ4n) is 1.88. The first-order chi connectivity index (χ1) is 8.05. The lowest BCUT2D eigenvalue weighted by Gasteiger charge is -2.23. The van der Waals surface area contributed by atoms with Crippen molar-refractivity contribution < 1.29 is 13.2 Å². The number of nitrogens with one attached hydrogen (secondary N) is 1. The Morgan fingerprint density at radius 3 is 2.44 bits per heavy atom. The van der Waals surface area contributed by atoms with Crippen molar-refractivity contribution in [1.82, 2.24) is 5.32 Å². The van der Waals surface area contributed by atoms with Crippen molar-refractivity contribution in [2.45, 2.75) is 23.8 Å². The van der Waals surface area contributed by atoms with Gasteiger partial charge in [-0.3, -0.25) is 0 Å². The molecule has 0 radical (unpaired) electrons. The minimum Gasteiger partial charge on any atom is -0.489 e. The minimum absolute atomic E-state index is 0. The van der Waals surface area contributed by atoms with Crippen LogP contribution in [-0.2, 0) is 9.84 Å². The van der Waals surface area contributed by atoms with Crippen LogP contribution in [0.25, 0.3) is 0 Å². The van der Waals surface area contributed by atoms with Crippen molar-refractivity contribution in [1.29, 1.82) is 0 Å². The summed E-state index contributed by atoms with van der Waals surface area (Å²) in [6.45, 7) is 1.90. The highest BCUT2D eigenvalue weighted by atomic mass is 35.5. The Balaban J connectivity index is 0.00000162. The number of halogens is 1. The molecule has 1 heterocycles. The van der Waals surface area contributed by atoms with Gasteiger partial charge in [-0.25, -0.2) is 8.42 Å². The molecule has 18 heavy (non-hydrogen) atoms. The van der Waals surface area contributed by atoms with Crippen molar-refractivity contribution in [3.8, 4) is 5.75 Å². The smallest absolute Gasteiger partial charge is 0.175 e. The molecule has 4 nitrogen and oxygen atoms in total. The number of piperidine rings is 1. The maximum atomic E-state index is 11.3. The minimum atomic E-state index is -3.12.